The van der Waals surface area contributed by atoms with Gasteiger partial charge < -0.3 is 10.1 Å². The van der Waals surface area contributed by atoms with Crippen LogP contribution in [-0.4, -0.2) is 49.0 Å². The third-order valence-electron chi connectivity index (χ3n) is 4.76. The summed E-state index contributed by atoms with van der Waals surface area (Å²) < 4.78 is 5.41. The monoisotopic (exact) mass is 346 g/mol. The molecule has 0 spiro atoms. The lowest BCUT2D eigenvalue weighted by molar-refractivity contribution is -0.126. The highest BCUT2D eigenvalue weighted by Crippen LogP contribution is 2.23. The Morgan fingerprint density at radius 3 is 2.88 bits per heavy atom. The van der Waals surface area contributed by atoms with E-state index in [9.17, 15) is 9.59 Å². The molecule has 0 aromatic heterocycles. The molecule has 2 atom stereocenters. The van der Waals surface area contributed by atoms with E-state index in [4.69, 9.17) is 4.74 Å². The number of hydrazine groups is 1. The van der Waals surface area contributed by atoms with Crippen LogP contribution in [0.3, 0.4) is 0 Å². The fourth-order valence-electron chi connectivity index (χ4n) is 3.46. The number of hydrogen-bond acceptors (Lipinski definition) is 5. The molecule has 7 heteroatoms. The third kappa shape index (κ3) is 4.70. The quantitative estimate of drug-likeness (QED) is 0.744. The second-order valence-electron chi connectivity index (χ2n) is 6.57. The maximum Gasteiger partial charge on any atom is 0.235 e. The molecule has 3 N–H and O–H groups in total. The molecule has 2 fully saturated rings. The lowest BCUT2D eigenvalue weighted by Gasteiger charge is -2.39. The summed E-state index contributed by atoms with van der Waals surface area (Å²) in [5.74, 6) is 0.803. The smallest absolute Gasteiger partial charge is 0.235 e. The molecular formula is C18H26N4O3. The highest BCUT2D eigenvalue weighted by atomic mass is 16.5. The van der Waals surface area contributed by atoms with Crippen LogP contribution < -0.4 is 20.9 Å². The molecule has 136 valence electrons. The molecule has 0 saturated carbocycles. The van der Waals surface area contributed by atoms with Crippen molar-refractivity contribution in [2.75, 3.05) is 31.6 Å². The van der Waals surface area contributed by atoms with E-state index in [0.717, 1.165) is 37.4 Å². The minimum Gasteiger partial charge on any atom is -0.494 e. The largest absolute Gasteiger partial charge is 0.494 e. The zero-order chi connectivity index (χ0) is 17.6. The summed E-state index contributed by atoms with van der Waals surface area (Å²) in [5.41, 5.74) is 6.34. The molecule has 0 bridgehead atoms. The lowest BCUT2D eigenvalue weighted by Crippen LogP contribution is -2.57. The molecule has 2 aliphatic heterocycles. The molecule has 1 aromatic rings. The first-order valence-electron chi connectivity index (χ1n) is 8.95. The first kappa shape index (κ1) is 17.7. The van der Waals surface area contributed by atoms with Gasteiger partial charge in [0.05, 0.1) is 12.5 Å². The summed E-state index contributed by atoms with van der Waals surface area (Å²) in [5, 5.41) is 3.00. The summed E-state index contributed by atoms with van der Waals surface area (Å²) in [6.07, 6.45) is 2.34. The second-order valence-corrected chi connectivity index (χ2v) is 6.57. The van der Waals surface area contributed by atoms with Crippen LogP contribution in [0.25, 0.3) is 0 Å². The van der Waals surface area contributed by atoms with Gasteiger partial charge in [-0.3, -0.25) is 19.9 Å². The molecule has 25 heavy (non-hydrogen) atoms. The molecule has 0 aliphatic carbocycles. The molecule has 2 aliphatic rings. The van der Waals surface area contributed by atoms with E-state index in [1.165, 1.54) is 0 Å². The first-order valence-corrected chi connectivity index (χ1v) is 8.95. The number of amides is 2. The normalized spacial score (nSPS) is 24.4. The van der Waals surface area contributed by atoms with Gasteiger partial charge in [0.2, 0.25) is 11.8 Å². The average molecular weight is 346 g/mol. The number of carbonyl (C=O) groups excluding carboxylic acids is 2. The van der Waals surface area contributed by atoms with E-state index < -0.39 is 0 Å². The van der Waals surface area contributed by atoms with Crippen molar-refractivity contribution in [2.45, 2.75) is 32.2 Å². The van der Waals surface area contributed by atoms with E-state index in [0.29, 0.717) is 19.6 Å². The predicted molar refractivity (Wildman–Crippen MR) is 95.1 cm³/mol. The number of rotatable bonds is 5. The Labute approximate surface area is 148 Å². The molecule has 7 nitrogen and oxygen atoms in total. The number of hydrogen-bond donors (Lipinski definition) is 3. The Balaban J connectivity index is 1.55. The van der Waals surface area contributed by atoms with Crippen molar-refractivity contribution in [3.05, 3.63) is 24.3 Å². The molecule has 0 radical (unpaired) electrons. The van der Waals surface area contributed by atoms with Crippen LogP contribution in [-0.2, 0) is 9.59 Å². The van der Waals surface area contributed by atoms with Crippen molar-refractivity contribution in [1.29, 1.82) is 0 Å². The third-order valence-corrected chi connectivity index (χ3v) is 4.76. The molecule has 3 rings (SSSR count). The number of nitrogens with zero attached hydrogens (tertiary/aromatic N) is 1. The van der Waals surface area contributed by atoms with Gasteiger partial charge in [-0.25, -0.2) is 5.43 Å². The van der Waals surface area contributed by atoms with Gasteiger partial charge in [0.25, 0.3) is 0 Å². The van der Waals surface area contributed by atoms with Gasteiger partial charge >= 0.3 is 0 Å². The number of nitrogens with one attached hydrogen (secondary N) is 3. The van der Waals surface area contributed by atoms with E-state index >= 15 is 0 Å². The Morgan fingerprint density at radius 1 is 1.36 bits per heavy atom. The van der Waals surface area contributed by atoms with Gasteiger partial charge in [-0.05, 0) is 50.6 Å². The van der Waals surface area contributed by atoms with Crippen molar-refractivity contribution in [2.24, 2.45) is 5.92 Å². The number of ether oxygens (including phenoxy) is 1. The molecular weight excluding hydrogens is 320 g/mol. The highest BCUT2D eigenvalue weighted by molar-refractivity contribution is 5.92. The van der Waals surface area contributed by atoms with E-state index in [-0.39, 0.29) is 23.8 Å². The summed E-state index contributed by atoms with van der Waals surface area (Å²) >= 11 is 0. The predicted octanol–water partition coefficient (Wildman–Crippen LogP) is 1.13. The highest BCUT2D eigenvalue weighted by Gasteiger charge is 2.32. The van der Waals surface area contributed by atoms with Crippen LogP contribution in [0.5, 0.6) is 5.75 Å². The van der Waals surface area contributed by atoms with Gasteiger partial charge in [0.15, 0.2) is 0 Å². The number of benzene rings is 1. The zero-order valence-electron chi connectivity index (χ0n) is 14.6. The zero-order valence-corrected chi connectivity index (χ0v) is 14.6. The van der Waals surface area contributed by atoms with Gasteiger partial charge in [0.1, 0.15) is 5.75 Å². The van der Waals surface area contributed by atoms with Crippen molar-refractivity contribution in [3.8, 4) is 5.75 Å². The summed E-state index contributed by atoms with van der Waals surface area (Å²) in [7, 11) is 0. The topological polar surface area (TPSA) is 82.7 Å². The standard InChI is InChI=1S/C18H26N4O3/c1-2-25-16-7-5-14(6-8-16)20-18(24)13-4-3-9-22(12-13)15-10-17(23)21-19-11-15/h5-8,13,15,19H,2-4,9-12H2,1H3,(H,20,24)(H,21,23). The van der Waals surface area contributed by atoms with Crippen LogP contribution >= 0.6 is 0 Å². The van der Waals surface area contributed by atoms with Crippen LogP contribution in [0, 0.1) is 5.92 Å². The molecule has 1 aromatic carbocycles. The fraction of sp³-hybridized carbons (Fsp3) is 0.556. The van der Waals surface area contributed by atoms with Crippen molar-refractivity contribution < 1.29 is 14.3 Å². The minimum atomic E-state index is -0.0506. The maximum absolute atomic E-state index is 12.6. The Bertz CT molecular complexity index is 605. The van der Waals surface area contributed by atoms with Crippen molar-refractivity contribution >= 4 is 17.5 Å². The van der Waals surface area contributed by atoms with E-state index in [2.05, 4.69) is 21.1 Å². The summed E-state index contributed by atoms with van der Waals surface area (Å²) in [6, 6.07) is 7.60. The Hall–Kier alpha value is -2.12. The second kappa shape index (κ2) is 8.31. The number of anilines is 1. The van der Waals surface area contributed by atoms with Crippen LogP contribution in [0.2, 0.25) is 0 Å². The molecule has 2 unspecified atom stereocenters. The number of likely N-dealkylation sites (tertiary alicyclic amines) is 1. The molecule has 2 heterocycles. The fourth-order valence-corrected chi connectivity index (χ4v) is 3.46. The van der Waals surface area contributed by atoms with Gasteiger partial charge in [-0.1, -0.05) is 0 Å². The first-order chi connectivity index (χ1) is 12.2. The lowest BCUT2D eigenvalue weighted by atomic mass is 9.94. The number of carbonyl (C=O) groups is 2. The number of piperidine rings is 1. The minimum absolute atomic E-state index is 0.0113. The van der Waals surface area contributed by atoms with Crippen molar-refractivity contribution in [3.63, 3.8) is 0 Å². The Morgan fingerprint density at radius 2 is 2.16 bits per heavy atom. The van der Waals surface area contributed by atoms with Crippen molar-refractivity contribution in [1.82, 2.24) is 15.8 Å². The van der Waals surface area contributed by atoms with Gasteiger partial charge in [-0.15, -0.1) is 0 Å². The van der Waals surface area contributed by atoms with Crippen LogP contribution in [0.1, 0.15) is 26.2 Å². The summed E-state index contributed by atoms with van der Waals surface area (Å²) in [4.78, 5) is 26.4. The molecule has 2 amide bonds. The maximum atomic E-state index is 12.6. The van der Waals surface area contributed by atoms with E-state index in [1.807, 2.05) is 31.2 Å². The van der Waals surface area contributed by atoms with Gasteiger partial charge in [0, 0.05) is 31.2 Å². The average Bonchev–Trinajstić information content (AvgIpc) is 2.64. The molecule has 2 saturated heterocycles. The van der Waals surface area contributed by atoms with Gasteiger partial charge in [-0.2, -0.15) is 0 Å². The summed E-state index contributed by atoms with van der Waals surface area (Å²) in [6.45, 7) is 4.92. The SMILES string of the molecule is CCOc1ccc(NC(=O)C2CCCN(C3CNNC(=O)C3)C2)cc1. The Kier molecular flexibility index (Phi) is 5.88. The van der Waals surface area contributed by atoms with Crippen LogP contribution in [0.4, 0.5) is 5.69 Å². The van der Waals surface area contributed by atoms with Crippen LogP contribution in [0.15, 0.2) is 24.3 Å². The van der Waals surface area contributed by atoms with E-state index in [1.54, 1.807) is 0 Å².